The molecule has 1 aromatic heterocycles. The lowest BCUT2D eigenvalue weighted by Gasteiger charge is -2.39. The van der Waals surface area contributed by atoms with E-state index in [1.54, 1.807) is 6.07 Å². The fourth-order valence-corrected chi connectivity index (χ4v) is 4.83. The molecule has 0 saturated carbocycles. The largest absolute Gasteiger partial charge is 0.507 e. The van der Waals surface area contributed by atoms with Gasteiger partial charge in [-0.1, -0.05) is 6.07 Å². The molecule has 0 amide bonds. The van der Waals surface area contributed by atoms with Crippen LogP contribution >= 0.6 is 0 Å². The maximum atomic E-state index is 11.0. The molecule has 2 bridgehead atoms. The number of aromatic nitrogens is 2. The molecule has 0 spiro atoms. The second-order valence-electron chi connectivity index (χ2n) is 7.97. The van der Waals surface area contributed by atoms with Crippen LogP contribution in [0, 0.1) is 19.8 Å². The van der Waals surface area contributed by atoms with Gasteiger partial charge in [0.25, 0.3) is 0 Å². The highest BCUT2D eigenvalue weighted by Crippen LogP contribution is 2.43. The minimum atomic E-state index is -0.589. The van der Waals surface area contributed by atoms with Crippen molar-refractivity contribution >= 4 is 0 Å². The molecule has 5 nitrogen and oxygen atoms in total. The van der Waals surface area contributed by atoms with Gasteiger partial charge in [-0.2, -0.15) is 5.10 Å². The molecular weight excluding hydrogens is 326 g/mol. The van der Waals surface area contributed by atoms with E-state index in [1.807, 2.05) is 32.0 Å². The summed E-state index contributed by atoms with van der Waals surface area (Å²) in [6.07, 6.45) is 4.00. The molecule has 2 aromatic rings. The Labute approximate surface area is 154 Å². The van der Waals surface area contributed by atoms with Gasteiger partial charge in [0.15, 0.2) is 0 Å². The summed E-state index contributed by atoms with van der Waals surface area (Å²) in [6.45, 7) is 3.90. The van der Waals surface area contributed by atoms with Crippen LogP contribution < -0.4 is 0 Å². The van der Waals surface area contributed by atoms with Crippen LogP contribution in [0.3, 0.4) is 0 Å². The number of aromatic hydroxyl groups is 1. The maximum Gasteiger partial charge on any atom is 0.125 e. The number of rotatable bonds is 3. The van der Waals surface area contributed by atoms with Crippen molar-refractivity contribution in [3.8, 4) is 17.0 Å². The summed E-state index contributed by atoms with van der Waals surface area (Å²) in [6, 6.07) is 8.59. The van der Waals surface area contributed by atoms with Crippen LogP contribution in [0.25, 0.3) is 11.3 Å². The Morgan fingerprint density at radius 1 is 1.08 bits per heavy atom. The Morgan fingerprint density at radius 2 is 1.85 bits per heavy atom. The third-order valence-electron chi connectivity index (χ3n) is 6.34. The van der Waals surface area contributed by atoms with Crippen LogP contribution in [0.4, 0.5) is 0 Å². The molecule has 0 aliphatic carbocycles. The number of phenolic OH excluding ortho intramolecular Hbond substituents is 1. The van der Waals surface area contributed by atoms with Gasteiger partial charge in [-0.25, -0.2) is 0 Å². The fraction of sp³-hybridized carbons (Fsp3) is 0.524. The van der Waals surface area contributed by atoms with E-state index in [0.717, 1.165) is 30.4 Å². The van der Waals surface area contributed by atoms with E-state index in [2.05, 4.69) is 22.1 Å². The lowest BCUT2D eigenvalue weighted by atomic mass is 9.84. The van der Waals surface area contributed by atoms with Gasteiger partial charge in [-0.05, 0) is 75.9 Å². The number of benzene rings is 1. The van der Waals surface area contributed by atoms with Crippen LogP contribution in [0.2, 0.25) is 0 Å². The fourth-order valence-electron chi connectivity index (χ4n) is 4.83. The molecular formula is C21H27N3O2. The third kappa shape index (κ3) is 2.89. The summed E-state index contributed by atoms with van der Waals surface area (Å²) in [5.74, 6) is 0.424. The third-order valence-corrected chi connectivity index (χ3v) is 6.34. The standard InChI is InChI=1S/C21H27N3O2/c1-12-4-7-16(19(25)10-12)20-13(2)11-17(22-23-20)21(26)15-8-5-14-6-9-18(15)24(14)3/h4,7,10-11,14-15,18,21,25-26H,5-6,8-9H2,1-3H3. The van der Waals surface area contributed by atoms with Gasteiger partial charge in [0.05, 0.1) is 11.4 Å². The molecule has 2 N–H and O–H groups in total. The summed E-state index contributed by atoms with van der Waals surface area (Å²) in [7, 11) is 2.18. The number of hydrogen-bond acceptors (Lipinski definition) is 5. The Balaban J connectivity index is 1.61. The first-order valence-corrected chi connectivity index (χ1v) is 9.50. The smallest absolute Gasteiger partial charge is 0.125 e. The second-order valence-corrected chi connectivity index (χ2v) is 7.97. The summed E-state index contributed by atoms with van der Waals surface area (Å²) in [5, 5.41) is 29.9. The van der Waals surface area contributed by atoms with Gasteiger partial charge in [0.1, 0.15) is 11.9 Å². The van der Waals surface area contributed by atoms with Crippen molar-refractivity contribution in [3.63, 3.8) is 0 Å². The van der Waals surface area contributed by atoms with Gasteiger partial charge in [0, 0.05) is 23.6 Å². The first kappa shape index (κ1) is 17.4. The van der Waals surface area contributed by atoms with Crippen molar-refractivity contribution in [2.24, 2.45) is 5.92 Å². The SMILES string of the molecule is Cc1ccc(-c2nnc(C(O)C3CCC4CCC3N4C)cc2C)c(O)c1. The molecule has 4 rings (SSSR count). The van der Waals surface area contributed by atoms with Crippen molar-refractivity contribution in [1.29, 1.82) is 0 Å². The molecule has 26 heavy (non-hydrogen) atoms. The molecule has 0 radical (unpaired) electrons. The molecule has 2 fully saturated rings. The zero-order chi connectivity index (χ0) is 18.4. The van der Waals surface area contributed by atoms with Crippen molar-refractivity contribution in [3.05, 3.63) is 41.1 Å². The number of nitrogens with zero attached hydrogens (tertiary/aromatic N) is 3. The van der Waals surface area contributed by atoms with Gasteiger partial charge < -0.3 is 15.1 Å². The number of aliphatic hydroxyl groups is 1. The molecule has 2 aliphatic rings. The second kappa shape index (κ2) is 6.63. The van der Waals surface area contributed by atoms with E-state index in [1.165, 1.54) is 6.42 Å². The Hall–Kier alpha value is -1.98. The van der Waals surface area contributed by atoms with Crippen molar-refractivity contribution < 1.29 is 10.2 Å². The van der Waals surface area contributed by atoms with Crippen LogP contribution in [-0.4, -0.2) is 44.4 Å². The summed E-state index contributed by atoms with van der Waals surface area (Å²) >= 11 is 0. The van der Waals surface area contributed by atoms with Gasteiger partial charge >= 0.3 is 0 Å². The van der Waals surface area contributed by atoms with E-state index >= 15 is 0 Å². The minimum absolute atomic E-state index is 0.210. The summed E-state index contributed by atoms with van der Waals surface area (Å²) in [4.78, 5) is 2.44. The molecule has 2 saturated heterocycles. The highest BCUT2D eigenvalue weighted by molar-refractivity contribution is 5.69. The zero-order valence-corrected chi connectivity index (χ0v) is 15.7. The van der Waals surface area contributed by atoms with Crippen LogP contribution in [0.1, 0.15) is 48.6 Å². The van der Waals surface area contributed by atoms with Crippen molar-refractivity contribution in [2.45, 2.75) is 57.7 Å². The number of aryl methyl sites for hydroxylation is 2. The Morgan fingerprint density at radius 3 is 2.58 bits per heavy atom. The van der Waals surface area contributed by atoms with E-state index in [0.29, 0.717) is 29.0 Å². The normalized spacial score (nSPS) is 26.8. The number of fused-ring (bicyclic) bond motifs is 2. The number of piperidine rings is 1. The first-order chi connectivity index (χ1) is 12.5. The highest BCUT2D eigenvalue weighted by atomic mass is 16.3. The monoisotopic (exact) mass is 353 g/mol. The highest BCUT2D eigenvalue weighted by Gasteiger charge is 2.43. The predicted octanol–water partition coefficient (Wildman–Crippen LogP) is 3.37. The van der Waals surface area contributed by atoms with Crippen LogP contribution in [0.5, 0.6) is 5.75 Å². The van der Waals surface area contributed by atoms with Crippen molar-refractivity contribution in [2.75, 3.05) is 7.05 Å². The van der Waals surface area contributed by atoms with Crippen LogP contribution in [-0.2, 0) is 0 Å². The van der Waals surface area contributed by atoms with Gasteiger partial charge in [-0.3, -0.25) is 0 Å². The molecule has 5 heteroatoms. The minimum Gasteiger partial charge on any atom is -0.507 e. The molecule has 138 valence electrons. The van der Waals surface area contributed by atoms with Crippen molar-refractivity contribution in [1.82, 2.24) is 15.1 Å². The first-order valence-electron chi connectivity index (χ1n) is 9.50. The predicted molar refractivity (Wildman–Crippen MR) is 101 cm³/mol. The van der Waals surface area contributed by atoms with E-state index in [-0.39, 0.29) is 11.7 Å². The van der Waals surface area contributed by atoms with Crippen LogP contribution in [0.15, 0.2) is 24.3 Å². The van der Waals surface area contributed by atoms with Gasteiger partial charge in [-0.15, -0.1) is 5.10 Å². The summed E-state index contributed by atoms with van der Waals surface area (Å²) < 4.78 is 0. The molecule has 4 atom stereocenters. The Kier molecular flexibility index (Phi) is 4.45. The number of aliphatic hydroxyl groups excluding tert-OH is 1. The quantitative estimate of drug-likeness (QED) is 0.885. The topological polar surface area (TPSA) is 69.5 Å². The van der Waals surface area contributed by atoms with Gasteiger partial charge in [0.2, 0.25) is 0 Å². The number of phenols is 1. The van der Waals surface area contributed by atoms with E-state index in [9.17, 15) is 10.2 Å². The van der Waals surface area contributed by atoms with E-state index in [4.69, 9.17) is 0 Å². The maximum absolute atomic E-state index is 11.0. The average Bonchev–Trinajstić information content (AvgIpc) is 2.83. The number of hydrogen-bond donors (Lipinski definition) is 2. The molecule has 3 heterocycles. The van der Waals surface area contributed by atoms with E-state index < -0.39 is 6.10 Å². The summed E-state index contributed by atoms with van der Waals surface area (Å²) in [5.41, 5.74) is 3.90. The molecule has 1 aromatic carbocycles. The lowest BCUT2D eigenvalue weighted by Crippen LogP contribution is -2.44. The zero-order valence-electron chi connectivity index (χ0n) is 15.7. The molecule has 4 unspecified atom stereocenters. The molecule has 2 aliphatic heterocycles. The average molecular weight is 353 g/mol. The Bertz CT molecular complexity index is 823. The lowest BCUT2D eigenvalue weighted by molar-refractivity contribution is 0.0156.